The van der Waals surface area contributed by atoms with Crippen molar-refractivity contribution in [1.29, 1.82) is 4.78 Å². The third-order valence-electron chi connectivity index (χ3n) is 0.620. The predicted molar refractivity (Wildman–Crippen MR) is 30.8 cm³/mol. The number of hydrogen-bond donors (Lipinski definition) is 3. The Morgan fingerprint density at radius 3 is 2.00 bits per heavy atom. The predicted octanol–water partition coefficient (Wildman–Crippen LogP) is -0.378. The molecule has 0 fully saturated rings. The SMILES string of the molecule is CS(=N)[C@](C)(N)O. The van der Waals surface area contributed by atoms with E-state index < -0.39 is 15.7 Å². The molecule has 0 aliphatic heterocycles. The molecule has 2 atom stereocenters. The molecule has 0 saturated heterocycles. The highest BCUT2D eigenvalue weighted by atomic mass is 32.2. The van der Waals surface area contributed by atoms with Gasteiger partial charge in [-0.3, -0.25) is 10.5 Å². The second-order valence-corrected chi connectivity index (χ2v) is 3.41. The monoisotopic (exact) mass is 122 g/mol. The van der Waals surface area contributed by atoms with Crippen LogP contribution in [-0.2, 0) is 10.7 Å². The Bertz CT molecular complexity index is 85.4. The van der Waals surface area contributed by atoms with E-state index in [0.717, 1.165) is 0 Å². The van der Waals surface area contributed by atoms with Crippen LogP contribution in [0.4, 0.5) is 0 Å². The summed E-state index contributed by atoms with van der Waals surface area (Å²) in [4.78, 5) is 0. The molecule has 0 aliphatic rings. The molecule has 4 heteroatoms. The van der Waals surface area contributed by atoms with Gasteiger partial charge in [0.2, 0.25) is 0 Å². The van der Waals surface area contributed by atoms with Crippen LogP contribution >= 0.6 is 0 Å². The van der Waals surface area contributed by atoms with E-state index in [1.165, 1.54) is 6.92 Å². The molecule has 0 aliphatic carbocycles. The molecule has 0 aromatic heterocycles. The van der Waals surface area contributed by atoms with E-state index in [1.54, 1.807) is 6.26 Å². The van der Waals surface area contributed by atoms with Gasteiger partial charge in [0.05, 0.1) is 0 Å². The number of hydrogen-bond acceptors (Lipinski definition) is 3. The van der Waals surface area contributed by atoms with Crippen LogP contribution in [0.25, 0.3) is 0 Å². The molecule has 0 bridgehead atoms. The Kier molecular flexibility index (Phi) is 1.92. The van der Waals surface area contributed by atoms with E-state index in [-0.39, 0.29) is 0 Å². The average Bonchev–Trinajstić information content (AvgIpc) is 1.31. The summed E-state index contributed by atoms with van der Waals surface area (Å²) in [6, 6.07) is 0. The van der Waals surface area contributed by atoms with Crippen molar-refractivity contribution in [3.63, 3.8) is 0 Å². The van der Waals surface area contributed by atoms with Gasteiger partial charge in [-0.25, -0.2) is 0 Å². The van der Waals surface area contributed by atoms with Gasteiger partial charge in [-0.05, 0) is 13.2 Å². The molecule has 0 aromatic rings. The van der Waals surface area contributed by atoms with Crippen molar-refractivity contribution in [1.82, 2.24) is 0 Å². The minimum atomic E-state index is -1.31. The van der Waals surface area contributed by atoms with Crippen molar-refractivity contribution in [2.24, 2.45) is 5.73 Å². The first kappa shape index (κ1) is 7.07. The van der Waals surface area contributed by atoms with Crippen molar-refractivity contribution < 1.29 is 5.11 Å². The topological polar surface area (TPSA) is 70.1 Å². The molecule has 1 unspecified atom stereocenters. The number of aliphatic hydroxyl groups is 1. The maximum absolute atomic E-state index is 8.70. The minimum absolute atomic E-state index is 0.850. The van der Waals surface area contributed by atoms with E-state index >= 15 is 0 Å². The van der Waals surface area contributed by atoms with Crippen LogP contribution in [0.2, 0.25) is 0 Å². The summed E-state index contributed by atoms with van der Waals surface area (Å²) in [5.41, 5.74) is 5.06. The fraction of sp³-hybridized carbons (Fsp3) is 1.00. The van der Waals surface area contributed by atoms with Gasteiger partial charge in [-0.15, -0.1) is 0 Å². The molecular weight excluding hydrogens is 112 g/mol. The Labute approximate surface area is 45.4 Å². The highest BCUT2D eigenvalue weighted by molar-refractivity contribution is 7.86. The summed E-state index contributed by atoms with van der Waals surface area (Å²) in [5, 5.41) is 7.39. The lowest BCUT2D eigenvalue weighted by atomic mass is 10.7. The Hall–Kier alpha value is 0.0700. The fourth-order valence-electron chi connectivity index (χ4n) is 0. The lowest BCUT2D eigenvalue weighted by Crippen LogP contribution is -2.39. The second-order valence-electron chi connectivity index (χ2n) is 1.56. The molecule has 44 valence electrons. The van der Waals surface area contributed by atoms with E-state index in [2.05, 4.69) is 0 Å². The largest absolute Gasteiger partial charge is 0.366 e. The Balaban J connectivity index is 3.79. The summed E-state index contributed by atoms with van der Waals surface area (Å²) >= 11 is 0. The quantitative estimate of drug-likeness (QED) is 0.415. The van der Waals surface area contributed by atoms with E-state index in [4.69, 9.17) is 15.6 Å². The van der Waals surface area contributed by atoms with E-state index in [1.807, 2.05) is 0 Å². The van der Waals surface area contributed by atoms with Crippen LogP contribution in [0.3, 0.4) is 0 Å². The highest BCUT2D eigenvalue weighted by Crippen LogP contribution is 1.95. The van der Waals surface area contributed by atoms with Gasteiger partial charge in [0.15, 0.2) is 5.06 Å². The van der Waals surface area contributed by atoms with Crippen LogP contribution < -0.4 is 5.73 Å². The molecule has 7 heavy (non-hydrogen) atoms. The molecule has 3 nitrogen and oxygen atoms in total. The van der Waals surface area contributed by atoms with Crippen molar-refractivity contribution in [2.75, 3.05) is 6.26 Å². The van der Waals surface area contributed by atoms with Crippen LogP contribution in [0.5, 0.6) is 0 Å². The van der Waals surface area contributed by atoms with Gasteiger partial charge in [0.25, 0.3) is 0 Å². The summed E-state index contributed by atoms with van der Waals surface area (Å²) in [7, 11) is -0.850. The Morgan fingerprint density at radius 1 is 1.86 bits per heavy atom. The van der Waals surface area contributed by atoms with E-state index in [9.17, 15) is 0 Å². The van der Waals surface area contributed by atoms with Gasteiger partial charge in [-0.1, -0.05) is 10.7 Å². The Morgan fingerprint density at radius 2 is 2.00 bits per heavy atom. The van der Waals surface area contributed by atoms with Gasteiger partial charge in [-0.2, -0.15) is 0 Å². The third-order valence-corrected chi connectivity index (χ3v) is 1.86. The molecule has 0 rings (SSSR count). The van der Waals surface area contributed by atoms with Crippen molar-refractivity contribution in [2.45, 2.75) is 12.0 Å². The van der Waals surface area contributed by atoms with Crippen LogP contribution in [-0.4, -0.2) is 16.4 Å². The molecule has 0 radical (unpaired) electrons. The van der Waals surface area contributed by atoms with Crippen molar-refractivity contribution in [3.05, 3.63) is 0 Å². The average molecular weight is 122 g/mol. The summed E-state index contributed by atoms with van der Waals surface area (Å²) < 4.78 is 6.88. The molecule has 4 N–H and O–H groups in total. The first-order chi connectivity index (χ1) is 2.94. The summed E-state index contributed by atoms with van der Waals surface area (Å²) in [6.07, 6.45) is 1.57. The van der Waals surface area contributed by atoms with Gasteiger partial charge in [0, 0.05) is 0 Å². The van der Waals surface area contributed by atoms with Crippen molar-refractivity contribution >= 4 is 10.7 Å². The van der Waals surface area contributed by atoms with Gasteiger partial charge >= 0.3 is 0 Å². The lowest BCUT2D eigenvalue weighted by molar-refractivity contribution is 0.163. The van der Waals surface area contributed by atoms with Gasteiger partial charge < -0.3 is 5.11 Å². The molecule has 0 spiro atoms. The number of nitrogens with two attached hydrogens (primary N) is 1. The third kappa shape index (κ3) is 2.73. The van der Waals surface area contributed by atoms with Gasteiger partial charge in [0.1, 0.15) is 0 Å². The molecule has 0 amide bonds. The summed E-state index contributed by atoms with van der Waals surface area (Å²) in [5.74, 6) is 0. The second kappa shape index (κ2) is 1.90. The highest BCUT2D eigenvalue weighted by Gasteiger charge is 2.12. The van der Waals surface area contributed by atoms with Crippen molar-refractivity contribution in [3.8, 4) is 0 Å². The van der Waals surface area contributed by atoms with Crippen LogP contribution in [0.15, 0.2) is 0 Å². The fourth-order valence-corrected chi connectivity index (χ4v) is 0. The molecule has 0 aromatic carbocycles. The van der Waals surface area contributed by atoms with E-state index in [0.29, 0.717) is 0 Å². The van der Waals surface area contributed by atoms with Crippen LogP contribution in [0.1, 0.15) is 6.92 Å². The smallest absolute Gasteiger partial charge is 0.168 e. The molecule has 0 saturated carbocycles. The molecular formula is C3H10N2OS. The maximum Gasteiger partial charge on any atom is 0.168 e. The number of rotatable bonds is 1. The zero-order valence-corrected chi connectivity index (χ0v) is 5.25. The number of nitrogens with one attached hydrogen (secondary N) is 1. The zero-order valence-electron chi connectivity index (χ0n) is 4.43. The van der Waals surface area contributed by atoms with Crippen LogP contribution in [0, 0.1) is 4.78 Å². The summed E-state index contributed by atoms with van der Waals surface area (Å²) in [6.45, 7) is 1.42. The zero-order chi connectivity index (χ0) is 6.08. The first-order valence-corrected chi connectivity index (χ1v) is 3.46. The first-order valence-electron chi connectivity index (χ1n) is 1.83. The minimum Gasteiger partial charge on any atom is -0.366 e. The lowest BCUT2D eigenvalue weighted by Gasteiger charge is -2.14. The standard InChI is InChI=1S/C3H10N2OS/c1-3(4,6)7(2)5/h5-6H,4H2,1-2H3/t3-,7?/m1/s1. The maximum atomic E-state index is 8.70. The molecule has 0 heterocycles. The normalized spacial score (nSPS) is 23.4.